The Morgan fingerprint density at radius 1 is 1.07 bits per heavy atom. The molecule has 0 bridgehead atoms. The molecule has 0 radical (unpaired) electrons. The minimum atomic E-state index is -4.50. The maximum Gasteiger partial charge on any atom is 0.416 e. The van der Waals surface area contributed by atoms with Gasteiger partial charge in [-0.25, -0.2) is 0 Å². The Hall–Kier alpha value is -2.25. The summed E-state index contributed by atoms with van der Waals surface area (Å²) in [7, 11) is 0. The van der Waals surface area contributed by atoms with Crippen LogP contribution >= 0.6 is 0 Å². The molecule has 1 saturated heterocycles. The van der Waals surface area contributed by atoms with Crippen LogP contribution in [0.3, 0.4) is 0 Å². The highest BCUT2D eigenvalue weighted by Crippen LogP contribution is 2.38. The summed E-state index contributed by atoms with van der Waals surface area (Å²) in [6.07, 6.45) is -0.442. The van der Waals surface area contributed by atoms with Crippen LogP contribution in [0.25, 0.3) is 0 Å². The number of nitrogens with zero attached hydrogens (tertiary/aromatic N) is 1. The largest absolute Gasteiger partial charge is 0.481 e. The highest BCUT2D eigenvalue weighted by atomic mass is 19.4. The van der Waals surface area contributed by atoms with Gasteiger partial charge in [0.2, 0.25) is 5.91 Å². The SMILES string of the molecule is O=C(O)[C@@H]1CC[C@H](C(=O)Nc2cc(C(F)(F)F)ccc2N2CCCCC2)C1. The molecule has 2 atom stereocenters. The van der Waals surface area contributed by atoms with Gasteiger partial charge in [-0.15, -0.1) is 0 Å². The van der Waals surface area contributed by atoms with E-state index < -0.39 is 35.5 Å². The minimum absolute atomic E-state index is 0.149. The molecule has 1 amide bonds. The number of alkyl halides is 3. The summed E-state index contributed by atoms with van der Waals surface area (Å²) in [4.78, 5) is 25.6. The molecule has 0 spiro atoms. The van der Waals surface area contributed by atoms with E-state index >= 15 is 0 Å². The van der Waals surface area contributed by atoms with E-state index in [4.69, 9.17) is 5.11 Å². The Labute approximate surface area is 155 Å². The lowest BCUT2D eigenvalue weighted by Gasteiger charge is -2.31. The Balaban J connectivity index is 1.82. The van der Waals surface area contributed by atoms with Gasteiger partial charge >= 0.3 is 12.1 Å². The van der Waals surface area contributed by atoms with E-state index in [1.807, 2.05) is 4.90 Å². The quantitative estimate of drug-likeness (QED) is 0.819. The van der Waals surface area contributed by atoms with E-state index in [0.717, 1.165) is 44.5 Å². The van der Waals surface area contributed by atoms with E-state index in [9.17, 15) is 22.8 Å². The average Bonchev–Trinajstić information content (AvgIpc) is 3.12. The Morgan fingerprint density at radius 2 is 1.74 bits per heavy atom. The fourth-order valence-corrected chi connectivity index (χ4v) is 3.90. The van der Waals surface area contributed by atoms with E-state index in [0.29, 0.717) is 18.5 Å². The number of nitrogens with one attached hydrogen (secondary N) is 1. The minimum Gasteiger partial charge on any atom is -0.481 e. The van der Waals surface area contributed by atoms with Crippen LogP contribution in [0.2, 0.25) is 0 Å². The maximum absolute atomic E-state index is 13.1. The van der Waals surface area contributed by atoms with Crippen LogP contribution < -0.4 is 10.2 Å². The summed E-state index contributed by atoms with van der Waals surface area (Å²) < 4.78 is 39.4. The second kappa shape index (κ2) is 7.78. The molecule has 2 N–H and O–H groups in total. The van der Waals surface area contributed by atoms with Crippen LogP contribution in [0.1, 0.15) is 44.1 Å². The van der Waals surface area contributed by atoms with Crippen LogP contribution in [-0.2, 0) is 15.8 Å². The van der Waals surface area contributed by atoms with Gasteiger partial charge in [0.25, 0.3) is 0 Å². The maximum atomic E-state index is 13.1. The molecule has 2 fully saturated rings. The molecule has 1 saturated carbocycles. The first kappa shape index (κ1) is 19.5. The zero-order chi connectivity index (χ0) is 19.6. The third kappa shape index (κ3) is 4.54. The monoisotopic (exact) mass is 384 g/mol. The molecule has 27 heavy (non-hydrogen) atoms. The van der Waals surface area contributed by atoms with Crippen LogP contribution in [0, 0.1) is 11.8 Å². The first-order chi connectivity index (χ1) is 12.8. The molecule has 1 aromatic rings. The number of halogens is 3. The Bertz CT molecular complexity index is 715. The van der Waals surface area contributed by atoms with Gasteiger partial charge in [0, 0.05) is 19.0 Å². The second-order valence-electron chi connectivity index (χ2n) is 7.31. The summed E-state index contributed by atoms with van der Waals surface area (Å²) >= 11 is 0. The smallest absolute Gasteiger partial charge is 0.416 e. The molecule has 3 rings (SSSR count). The van der Waals surface area contributed by atoms with Crippen LogP contribution in [0.15, 0.2) is 18.2 Å². The topological polar surface area (TPSA) is 69.6 Å². The molecular weight excluding hydrogens is 361 g/mol. The number of benzene rings is 1. The van der Waals surface area contributed by atoms with Crippen molar-refractivity contribution in [2.75, 3.05) is 23.3 Å². The highest BCUT2D eigenvalue weighted by molar-refractivity contribution is 5.96. The van der Waals surface area contributed by atoms with Gasteiger partial charge in [-0.3, -0.25) is 9.59 Å². The average molecular weight is 384 g/mol. The zero-order valence-corrected chi connectivity index (χ0v) is 14.9. The lowest BCUT2D eigenvalue weighted by atomic mass is 10.0. The van der Waals surface area contributed by atoms with E-state index in [1.54, 1.807) is 0 Å². The fraction of sp³-hybridized carbons (Fsp3) is 0.579. The number of anilines is 2. The molecule has 2 aliphatic rings. The lowest BCUT2D eigenvalue weighted by Crippen LogP contribution is -2.31. The summed E-state index contributed by atoms with van der Waals surface area (Å²) in [5.41, 5.74) is -0.0762. The van der Waals surface area contributed by atoms with Gasteiger partial charge in [-0.2, -0.15) is 13.2 Å². The van der Waals surface area contributed by atoms with Gasteiger partial charge < -0.3 is 15.3 Å². The first-order valence-corrected chi connectivity index (χ1v) is 9.25. The Kier molecular flexibility index (Phi) is 5.62. The second-order valence-corrected chi connectivity index (χ2v) is 7.31. The lowest BCUT2D eigenvalue weighted by molar-refractivity contribution is -0.141. The summed E-state index contributed by atoms with van der Waals surface area (Å²) in [6.45, 7) is 1.47. The van der Waals surface area contributed by atoms with Gasteiger partial charge in [0.15, 0.2) is 0 Å². The van der Waals surface area contributed by atoms with Gasteiger partial charge in [0.05, 0.1) is 22.9 Å². The highest BCUT2D eigenvalue weighted by Gasteiger charge is 2.35. The molecule has 1 aromatic carbocycles. The van der Waals surface area contributed by atoms with Crippen molar-refractivity contribution < 1.29 is 27.9 Å². The zero-order valence-electron chi connectivity index (χ0n) is 14.9. The number of carboxylic acids is 1. The fourth-order valence-electron chi connectivity index (χ4n) is 3.90. The van der Waals surface area contributed by atoms with Gasteiger partial charge in [0.1, 0.15) is 0 Å². The van der Waals surface area contributed by atoms with Crippen molar-refractivity contribution in [1.29, 1.82) is 0 Å². The third-order valence-corrected chi connectivity index (χ3v) is 5.43. The summed E-state index contributed by atoms with van der Waals surface area (Å²) in [5, 5.41) is 11.7. The molecule has 1 heterocycles. The summed E-state index contributed by atoms with van der Waals surface area (Å²) in [5.74, 6) is -2.40. The van der Waals surface area contributed by atoms with E-state index in [2.05, 4.69) is 5.32 Å². The number of piperidine rings is 1. The molecule has 0 unspecified atom stereocenters. The molecule has 1 aliphatic carbocycles. The van der Waals surface area contributed by atoms with Crippen molar-refractivity contribution in [2.45, 2.75) is 44.7 Å². The standard InChI is InChI=1S/C19H23F3N2O3/c20-19(21,22)14-6-7-16(24-8-2-1-3-9-24)15(11-14)23-17(25)12-4-5-13(10-12)18(26)27/h6-7,11-13H,1-5,8-10H2,(H,23,25)(H,26,27)/t12-,13+/m0/s1. The molecule has 5 nitrogen and oxygen atoms in total. The number of carbonyl (C=O) groups excluding carboxylic acids is 1. The van der Waals surface area contributed by atoms with E-state index in [-0.39, 0.29) is 12.1 Å². The van der Waals surface area contributed by atoms with Gasteiger partial charge in [-0.1, -0.05) is 0 Å². The normalized spacial score (nSPS) is 23.3. The molecular formula is C19H23F3N2O3. The van der Waals surface area contributed by atoms with Crippen molar-refractivity contribution in [3.8, 4) is 0 Å². The molecule has 0 aromatic heterocycles. The number of hydrogen-bond acceptors (Lipinski definition) is 3. The number of hydrogen-bond donors (Lipinski definition) is 2. The Morgan fingerprint density at radius 3 is 2.33 bits per heavy atom. The number of carboxylic acid groups (broad SMARTS) is 1. The molecule has 1 aliphatic heterocycles. The van der Waals surface area contributed by atoms with E-state index in [1.165, 1.54) is 6.07 Å². The number of rotatable bonds is 4. The van der Waals surface area contributed by atoms with Crippen LogP contribution in [0.4, 0.5) is 24.5 Å². The van der Waals surface area contributed by atoms with Crippen molar-refractivity contribution in [1.82, 2.24) is 0 Å². The van der Waals surface area contributed by atoms with Crippen molar-refractivity contribution in [3.05, 3.63) is 23.8 Å². The summed E-state index contributed by atoms with van der Waals surface area (Å²) in [6, 6.07) is 3.43. The molecule has 148 valence electrons. The predicted molar refractivity (Wildman–Crippen MR) is 94.6 cm³/mol. The molecule has 8 heteroatoms. The van der Waals surface area contributed by atoms with Gasteiger partial charge in [-0.05, 0) is 56.7 Å². The van der Waals surface area contributed by atoms with Crippen molar-refractivity contribution >= 4 is 23.3 Å². The number of aliphatic carboxylic acids is 1. The van der Waals surface area contributed by atoms with Crippen molar-refractivity contribution in [2.24, 2.45) is 11.8 Å². The van der Waals surface area contributed by atoms with Crippen molar-refractivity contribution in [3.63, 3.8) is 0 Å². The number of amides is 1. The number of carbonyl (C=O) groups is 2. The first-order valence-electron chi connectivity index (χ1n) is 9.25. The predicted octanol–water partition coefficient (Wildman–Crippen LogP) is 4.14. The third-order valence-electron chi connectivity index (χ3n) is 5.43. The van der Waals surface area contributed by atoms with Crippen LogP contribution in [0.5, 0.6) is 0 Å². The van der Waals surface area contributed by atoms with Crippen LogP contribution in [-0.4, -0.2) is 30.1 Å².